The number of fused-ring (bicyclic) bond motifs is 7. The van der Waals surface area contributed by atoms with Gasteiger partial charge in [0.2, 0.25) is 0 Å². The summed E-state index contributed by atoms with van der Waals surface area (Å²) < 4.78 is 6.94. The molecule has 0 spiro atoms. The molecule has 0 amide bonds. The summed E-state index contributed by atoms with van der Waals surface area (Å²) in [5.41, 5.74) is 7.37. The number of hydrogen-bond acceptors (Lipinski definition) is 2. The minimum Gasteiger partial charge on any atom is -0.455 e. The van der Waals surface area contributed by atoms with E-state index < -0.39 is 0 Å². The molecule has 206 valence electrons. The predicted octanol–water partition coefficient (Wildman–Crippen LogP) is 12.2. The average Bonchev–Trinajstić information content (AvgIpc) is 3.45. The molecular weight excluding hydrogens is 534 g/mol. The van der Waals surface area contributed by atoms with Gasteiger partial charge in [0, 0.05) is 39.5 Å². The molecule has 0 N–H and O–H groups in total. The Bertz CT molecular complexity index is 2450. The highest BCUT2D eigenvalue weighted by Gasteiger charge is 2.20. The lowest BCUT2D eigenvalue weighted by molar-refractivity contribution is 0.670. The first-order valence-electron chi connectivity index (χ1n) is 15.0. The van der Waals surface area contributed by atoms with E-state index in [2.05, 4.69) is 169 Å². The Kier molecular flexibility index (Phi) is 5.54. The van der Waals surface area contributed by atoms with Crippen molar-refractivity contribution in [2.45, 2.75) is 0 Å². The Hall–Kier alpha value is -5.86. The highest BCUT2D eigenvalue weighted by Crippen LogP contribution is 2.46. The van der Waals surface area contributed by atoms with E-state index in [1.165, 1.54) is 37.9 Å². The van der Waals surface area contributed by atoms with Gasteiger partial charge in [-0.2, -0.15) is 0 Å². The number of furan rings is 1. The van der Waals surface area contributed by atoms with Crippen molar-refractivity contribution >= 4 is 71.3 Å². The predicted molar refractivity (Wildman–Crippen MR) is 186 cm³/mol. The number of anilines is 3. The molecule has 0 saturated carbocycles. The molecule has 0 atom stereocenters. The Balaban J connectivity index is 1.35. The molecule has 0 unspecified atom stereocenters. The number of para-hydroxylation sites is 2. The lowest BCUT2D eigenvalue weighted by atomic mass is 9.89. The molecule has 2 nitrogen and oxygen atoms in total. The quantitative estimate of drug-likeness (QED) is 0.199. The van der Waals surface area contributed by atoms with E-state index in [4.69, 9.17) is 4.42 Å². The molecule has 9 rings (SSSR count). The van der Waals surface area contributed by atoms with Crippen LogP contribution in [0.3, 0.4) is 0 Å². The molecule has 1 heterocycles. The second kappa shape index (κ2) is 9.86. The van der Waals surface area contributed by atoms with Gasteiger partial charge in [0.15, 0.2) is 0 Å². The van der Waals surface area contributed by atoms with Gasteiger partial charge in [-0.1, -0.05) is 109 Å². The third kappa shape index (κ3) is 3.82. The van der Waals surface area contributed by atoms with Crippen LogP contribution in [0.15, 0.2) is 168 Å². The van der Waals surface area contributed by atoms with Crippen LogP contribution in [0.25, 0.3) is 65.4 Å². The van der Waals surface area contributed by atoms with Gasteiger partial charge in [0.1, 0.15) is 11.2 Å². The molecule has 0 aliphatic carbocycles. The maximum Gasteiger partial charge on any atom is 0.143 e. The van der Waals surface area contributed by atoms with Gasteiger partial charge in [-0.15, -0.1) is 0 Å². The van der Waals surface area contributed by atoms with Crippen LogP contribution in [-0.4, -0.2) is 0 Å². The average molecular weight is 562 g/mol. The minimum absolute atomic E-state index is 0.871. The monoisotopic (exact) mass is 561 g/mol. The molecule has 44 heavy (non-hydrogen) atoms. The van der Waals surface area contributed by atoms with E-state index >= 15 is 0 Å². The van der Waals surface area contributed by atoms with Crippen LogP contribution in [0.4, 0.5) is 17.1 Å². The van der Waals surface area contributed by atoms with E-state index in [0.717, 1.165) is 44.6 Å². The summed E-state index contributed by atoms with van der Waals surface area (Å²) in [6.45, 7) is 0. The standard InChI is InChI=1S/C42H27NO/c1-3-15-30(16-4-1)43(31-17-5-2-6-18-31)32-23-24-37-39-26-29-14-8-10-20-34(29)41(42(39)44-40(37)27-32)38-25-28-13-7-9-19-33(28)35-21-11-12-22-36(35)38/h1-27H. The summed E-state index contributed by atoms with van der Waals surface area (Å²) >= 11 is 0. The van der Waals surface area contributed by atoms with Crippen molar-refractivity contribution in [1.82, 2.24) is 0 Å². The fourth-order valence-corrected chi connectivity index (χ4v) is 6.83. The molecule has 0 aliphatic heterocycles. The van der Waals surface area contributed by atoms with Gasteiger partial charge in [-0.3, -0.25) is 0 Å². The molecule has 1 aromatic heterocycles. The Morgan fingerprint density at radius 1 is 0.364 bits per heavy atom. The van der Waals surface area contributed by atoms with Crippen molar-refractivity contribution in [3.8, 4) is 11.1 Å². The first-order valence-corrected chi connectivity index (χ1v) is 15.0. The van der Waals surface area contributed by atoms with E-state index in [1.54, 1.807) is 0 Å². The van der Waals surface area contributed by atoms with E-state index in [9.17, 15) is 0 Å². The first-order chi connectivity index (χ1) is 21.8. The molecule has 2 heteroatoms. The van der Waals surface area contributed by atoms with Crippen molar-refractivity contribution in [3.63, 3.8) is 0 Å². The number of hydrogen-bond donors (Lipinski definition) is 0. The van der Waals surface area contributed by atoms with E-state index in [0.29, 0.717) is 0 Å². The fourth-order valence-electron chi connectivity index (χ4n) is 6.83. The molecule has 0 saturated heterocycles. The van der Waals surface area contributed by atoms with Gasteiger partial charge < -0.3 is 9.32 Å². The Morgan fingerprint density at radius 3 is 1.64 bits per heavy atom. The van der Waals surface area contributed by atoms with Crippen molar-refractivity contribution < 1.29 is 4.42 Å². The van der Waals surface area contributed by atoms with Gasteiger partial charge >= 0.3 is 0 Å². The second-order valence-corrected chi connectivity index (χ2v) is 11.3. The van der Waals surface area contributed by atoms with Crippen molar-refractivity contribution in [2.24, 2.45) is 0 Å². The zero-order valence-corrected chi connectivity index (χ0v) is 23.9. The van der Waals surface area contributed by atoms with Crippen LogP contribution >= 0.6 is 0 Å². The summed E-state index contributed by atoms with van der Waals surface area (Å²) in [5, 5.41) is 9.60. The van der Waals surface area contributed by atoms with Crippen molar-refractivity contribution in [2.75, 3.05) is 4.90 Å². The van der Waals surface area contributed by atoms with Crippen LogP contribution in [-0.2, 0) is 0 Å². The summed E-state index contributed by atoms with van der Waals surface area (Å²) in [6, 6.07) is 58.3. The van der Waals surface area contributed by atoms with Gasteiger partial charge in [0.25, 0.3) is 0 Å². The highest BCUT2D eigenvalue weighted by atomic mass is 16.3. The SMILES string of the molecule is c1ccc(N(c2ccccc2)c2ccc3c(c2)oc2c(-c4cc5ccccc5c5ccccc45)c4ccccc4cc23)cc1. The maximum absolute atomic E-state index is 6.94. The molecule has 0 fully saturated rings. The summed E-state index contributed by atoms with van der Waals surface area (Å²) in [5.74, 6) is 0. The topological polar surface area (TPSA) is 16.4 Å². The zero-order valence-electron chi connectivity index (χ0n) is 23.9. The lowest BCUT2D eigenvalue weighted by Crippen LogP contribution is -2.09. The van der Waals surface area contributed by atoms with Crippen molar-refractivity contribution in [3.05, 3.63) is 164 Å². The molecule has 0 aliphatic rings. The van der Waals surface area contributed by atoms with Gasteiger partial charge in [-0.25, -0.2) is 0 Å². The lowest BCUT2D eigenvalue weighted by Gasteiger charge is -2.25. The Morgan fingerprint density at radius 2 is 0.932 bits per heavy atom. The zero-order chi connectivity index (χ0) is 29.0. The third-order valence-corrected chi connectivity index (χ3v) is 8.79. The number of rotatable bonds is 4. The number of nitrogens with zero attached hydrogens (tertiary/aromatic N) is 1. The number of benzene rings is 8. The molecule has 8 aromatic carbocycles. The fraction of sp³-hybridized carbons (Fsp3) is 0. The largest absolute Gasteiger partial charge is 0.455 e. The highest BCUT2D eigenvalue weighted by molar-refractivity contribution is 6.23. The molecular formula is C42H27NO. The third-order valence-electron chi connectivity index (χ3n) is 8.79. The van der Waals surface area contributed by atoms with Crippen LogP contribution in [0, 0.1) is 0 Å². The van der Waals surface area contributed by atoms with Crippen molar-refractivity contribution in [1.29, 1.82) is 0 Å². The van der Waals surface area contributed by atoms with Gasteiger partial charge in [0.05, 0.1) is 0 Å². The maximum atomic E-state index is 6.94. The summed E-state index contributed by atoms with van der Waals surface area (Å²) in [6.07, 6.45) is 0. The smallest absolute Gasteiger partial charge is 0.143 e. The first kappa shape index (κ1) is 24.7. The minimum atomic E-state index is 0.871. The van der Waals surface area contributed by atoms with Crippen LogP contribution in [0.1, 0.15) is 0 Å². The molecule has 0 radical (unpaired) electrons. The molecule has 9 aromatic rings. The molecule has 0 bridgehead atoms. The van der Waals surface area contributed by atoms with E-state index in [-0.39, 0.29) is 0 Å². The Labute approximate surface area is 255 Å². The van der Waals surface area contributed by atoms with E-state index in [1.807, 2.05) is 0 Å². The summed E-state index contributed by atoms with van der Waals surface area (Å²) in [4.78, 5) is 2.28. The second-order valence-electron chi connectivity index (χ2n) is 11.3. The van der Waals surface area contributed by atoms with Gasteiger partial charge in [-0.05, 0) is 86.4 Å². The summed E-state index contributed by atoms with van der Waals surface area (Å²) in [7, 11) is 0. The van der Waals surface area contributed by atoms with Crippen LogP contribution in [0.2, 0.25) is 0 Å². The van der Waals surface area contributed by atoms with Crippen LogP contribution in [0.5, 0.6) is 0 Å². The van der Waals surface area contributed by atoms with Crippen LogP contribution < -0.4 is 4.90 Å². The normalized spacial score (nSPS) is 11.6.